The topological polar surface area (TPSA) is 180 Å². The van der Waals surface area contributed by atoms with E-state index in [0.717, 1.165) is 57.1 Å². The lowest BCUT2D eigenvalue weighted by molar-refractivity contribution is -0.388. The molecule has 66 heavy (non-hydrogen) atoms. The first kappa shape index (κ1) is 44.6. The summed E-state index contributed by atoms with van der Waals surface area (Å²) >= 11 is 1.29. The summed E-state index contributed by atoms with van der Waals surface area (Å²) in [6.07, 6.45) is 11.8. The van der Waals surface area contributed by atoms with Gasteiger partial charge >= 0.3 is 0 Å². The van der Waals surface area contributed by atoms with Crippen molar-refractivity contribution in [3.8, 4) is 17.2 Å². The Hall–Kier alpha value is -5.23. The van der Waals surface area contributed by atoms with Gasteiger partial charge in [0.1, 0.15) is 40.2 Å². The van der Waals surface area contributed by atoms with E-state index in [2.05, 4.69) is 62.6 Å². The number of aromatic amines is 1. The summed E-state index contributed by atoms with van der Waals surface area (Å²) in [5.41, 5.74) is 3.72. The molecule has 0 radical (unpaired) electrons. The third kappa shape index (κ3) is 8.63. The van der Waals surface area contributed by atoms with Gasteiger partial charge in [0, 0.05) is 60.5 Å². The minimum absolute atomic E-state index is 0.0282. The second kappa shape index (κ2) is 17.8. The highest BCUT2D eigenvalue weighted by Gasteiger charge is 2.50. The lowest BCUT2D eigenvalue weighted by atomic mass is 9.59. The molecule has 5 heterocycles. The first-order valence-electron chi connectivity index (χ1n) is 23.2. The van der Waals surface area contributed by atoms with Gasteiger partial charge in [-0.2, -0.15) is 0 Å². The van der Waals surface area contributed by atoms with Crippen LogP contribution < -0.4 is 19.1 Å². The van der Waals surface area contributed by atoms with E-state index in [-0.39, 0.29) is 62.4 Å². The molecule has 2 aromatic heterocycles. The zero-order valence-corrected chi connectivity index (χ0v) is 38.7. The number of aromatic nitrogens is 2. The van der Waals surface area contributed by atoms with Crippen molar-refractivity contribution in [3.05, 3.63) is 106 Å². The number of benzene rings is 3. The number of hydrogen-bond donors (Lipinski definition) is 3. The molecule has 10 rings (SSSR count). The number of amides is 1. The fourth-order valence-electron chi connectivity index (χ4n) is 11.2. The molecule has 0 unspecified atom stereocenters. The van der Waals surface area contributed by atoms with Crippen molar-refractivity contribution >= 4 is 50.1 Å². The van der Waals surface area contributed by atoms with Gasteiger partial charge in [-0.15, -0.1) is 11.8 Å². The number of carbonyl (C=O) groups excluding carboxylic acids is 1. The maximum absolute atomic E-state index is 14.7. The van der Waals surface area contributed by atoms with E-state index >= 15 is 0 Å². The van der Waals surface area contributed by atoms with Crippen molar-refractivity contribution in [1.29, 1.82) is 0 Å². The number of pyridine rings is 1. The first-order chi connectivity index (χ1) is 31.7. The number of fused-ring (bicyclic) bond motifs is 2. The van der Waals surface area contributed by atoms with Crippen LogP contribution in [0.3, 0.4) is 0 Å². The fourth-order valence-corrected chi connectivity index (χ4v) is 13.6. The van der Waals surface area contributed by atoms with Crippen molar-refractivity contribution in [2.75, 3.05) is 31.1 Å². The van der Waals surface area contributed by atoms with E-state index in [1.165, 1.54) is 79.2 Å². The number of aliphatic hydroxyl groups excluding tert-OH is 1. The molecular formula is C49H55FN6O8S2. The molecule has 3 aliphatic heterocycles. The second-order valence-corrected chi connectivity index (χ2v) is 22.1. The summed E-state index contributed by atoms with van der Waals surface area (Å²) in [5.74, 6) is -0.686. The van der Waals surface area contributed by atoms with E-state index in [1.807, 2.05) is 0 Å². The molecule has 14 nitrogen and oxygen atoms in total. The molecule has 2 aliphatic carbocycles. The quantitative estimate of drug-likeness (QED) is 0.0845. The Bertz CT molecular complexity index is 2780. The lowest BCUT2D eigenvalue weighted by Crippen LogP contribution is -2.54. The van der Waals surface area contributed by atoms with Crippen LogP contribution in [0.5, 0.6) is 17.2 Å². The number of carbonyl (C=O) groups is 1. The SMILES string of the molecule is CC(C)c1ccccc1[C@@H]1CCCN1C1CC2(CCN(c3ccc(C(=O)NS(=O)(=O)c4cc5c(c([N+](=O)[O-])c4)S[C@@H](C4CCC(O)CC4)CO5)c(Oc4cnc5[nH]cc(F)c5c4)c3)CC2)C1. The van der Waals surface area contributed by atoms with Crippen LogP contribution in [-0.4, -0.2) is 82.9 Å². The number of anilines is 1. The van der Waals surface area contributed by atoms with Gasteiger partial charge < -0.3 is 24.5 Å². The smallest absolute Gasteiger partial charge is 0.288 e. The molecule has 348 valence electrons. The minimum Gasteiger partial charge on any atom is -0.491 e. The molecule has 5 aromatic rings. The number of nitro benzene ring substituents is 1. The van der Waals surface area contributed by atoms with Gasteiger partial charge in [-0.25, -0.2) is 22.5 Å². The highest BCUT2D eigenvalue weighted by atomic mass is 32.2. The van der Waals surface area contributed by atoms with Crippen molar-refractivity contribution in [2.24, 2.45) is 11.3 Å². The largest absolute Gasteiger partial charge is 0.491 e. The highest BCUT2D eigenvalue weighted by Crippen LogP contribution is 2.55. The van der Waals surface area contributed by atoms with Crippen molar-refractivity contribution in [1.82, 2.24) is 19.6 Å². The predicted octanol–water partition coefficient (Wildman–Crippen LogP) is 9.63. The van der Waals surface area contributed by atoms with Gasteiger partial charge in [-0.3, -0.25) is 19.8 Å². The number of rotatable bonds is 11. The van der Waals surface area contributed by atoms with Crippen LogP contribution in [0.25, 0.3) is 11.0 Å². The number of likely N-dealkylation sites (tertiary alicyclic amines) is 1. The maximum atomic E-state index is 14.7. The van der Waals surface area contributed by atoms with Gasteiger partial charge in [0.05, 0.1) is 33.1 Å². The Balaban J connectivity index is 0.865. The Morgan fingerprint density at radius 2 is 1.83 bits per heavy atom. The van der Waals surface area contributed by atoms with Crippen LogP contribution in [-0.2, 0) is 10.0 Å². The molecule has 2 saturated heterocycles. The van der Waals surface area contributed by atoms with E-state index in [4.69, 9.17) is 9.47 Å². The van der Waals surface area contributed by atoms with Crippen LogP contribution in [0.4, 0.5) is 15.8 Å². The van der Waals surface area contributed by atoms with Crippen molar-refractivity contribution < 1.29 is 37.1 Å². The molecule has 5 aliphatic rings. The molecule has 3 aromatic carbocycles. The molecule has 0 bridgehead atoms. The summed E-state index contributed by atoms with van der Waals surface area (Å²) in [6, 6.07) is 18.5. The van der Waals surface area contributed by atoms with Gasteiger partial charge in [-0.1, -0.05) is 38.1 Å². The molecule has 1 amide bonds. The summed E-state index contributed by atoms with van der Waals surface area (Å²) < 4.78 is 56.9. The average Bonchev–Trinajstić information content (AvgIpc) is 3.94. The number of sulfonamides is 1. The number of halogens is 1. The molecule has 1 spiro atoms. The molecule has 4 fully saturated rings. The molecule has 17 heteroatoms. The van der Waals surface area contributed by atoms with Crippen LogP contribution >= 0.6 is 11.8 Å². The Labute approximate surface area is 387 Å². The number of aliphatic hydroxyl groups is 1. The van der Waals surface area contributed by atoms with E-state index in [0.29, 0.717) is 36.5 Å². The van der Waals surface area contributed by atoms with Gasteiger partial charge in [-0.05, 0) is 117 Å². The summed E-state index contributed by atoms with van der Waals surface area (Å²) in [4.78, 5) is 37.6. The van der Waals surface area contributed by atoms with Crippen LogP contribution in [0, 0.1) is 27.3 Å². The normalized spacial score (nSPS) is 23.4. The zero-order valence-electron chi connectivity index (χ0n) is 37.1. The van der Waals surface area contributed by atoms with Crippen molar-refractivity contribution in [2.45, 2.75) is 117 Å². The predicted molar refractivity (Wildman–Crippen MR) is 250 cm³/mol. The standard InChI is InChI=1S/C49H55FN6O8S2/c1-29(2)36-6-3-4-7-37(36)41-8-5-17-55(41)32-24-49(25-32)15-18-54(19-16-49)31-11-14-38(43(20-31)64-34-21-39-40(50)27-52-47(39)51-26-34)48(58)53-66(61,62)35-22-42(56(59)60)46-44(23-35)63-28-45(65-46)30-9-12-33(57)13-10-30/h3-4,6-7,11,14,20-23,26-27,29-30,32-33,41,45,57H,5,8-10,12-13,15-19,24-25,28H2,1-2H3,(H,51,52)(H,53,58)/t30?,33?,41-,45+/m0/s1. The minimum atomic E-state index is -4.69. The molecule has 2 saturated carbocycles. The number of H-pyrrole nitrogens is 1. The third-order valence-electron chi connectivity index (χ3n) is 14.8. The monoisotopic (exact) mass is 938 g/mol. The lowest BCUT2D eigenvalue weighted by Gasteiger charge is -2.56. The number of hydrogen-bond acceptors (Lipinski definition) is 12. The number of nitrogens with one attached hydrogen (secondary N) is 2. The van der Waals surface area contributed by atoms with Crippen LogP contribution in [0.1, 0.15) is 112 Å². The number of ether oxygens (including phenoxy) is 2. The molecule has 2 atom stereocenters. The van der Waals surface area contributed by atoms with Gasteiger partial charge in [0.2, 0.25) is 0 Å². The molecule has 3 N–H and O–H groups in total. The number of thioether (sulfide) groups is 1. The number of nitrogens with zero attached hydrogens (tertiary/aromatic N) is 4. The number of piperidine rings is 1. The first-order valence-corrected chi connectivity index (χ1v) is 25.5. The Morgan fingerprint density at radius 3 is 2.59 bits per heavy atom. The Kier molecular flexibility index (Phi) is 12.0. The van der Waals surface area contributed by atoms with E-state index in [9.17, 15) is 32.8 Å². The van der Waals surface area contributed by atoms with E-state index in [1.54, 1.807) is 12.1 Å². The fraction of sp³-hybridized carbons (Fsp3) is 0.469. The summed E-state index contributed by atoms with van der Waals surface area (Å²) in [6.45, 7) is 7.47. The van der Waals surface area contributed by atoms with Crippen molar-refractivity contribution in [3.63, 3.8) is 0 Å². The third-order valence-corrected chi connectivity index (χ3v) is 17.6. The second-order valence-electron chi connectivity index (χ2n) is 19.2. The van der Waals surface area contributed by atoms with Gasteiger partial charge in [0.25, 0.3) is 21.6 Å². The highest BCUT2D eigenvalue weighted by molar-refractivity contribution is 8.00. The van der Waals surface area contributed by atoms with E-state index < -0.39 is 37.3 Å². The summed E-state index contributed by atoms with van der Waals surface area (Å²) in [7, 11) is -4.69. The number of nitro groups is 1. The molecular weight excluding hydrogens is 884 g/mol. The van der Waals surface area contributed by atoms with Crippen LogP contribution in [0.2, 0.25) is 0 Å². The summed E-state index contributed by atoms with van der Waals surface area (Å²) in [5, 5.41) is 22.4. The zero-order chi connectivity index (χ0) is 45.9. The Morgan fingerprint density at radius 1 is 1.06 bits per heavy atom. The van der Waals surface area contributed by atoms with Gasteiger partial charge in [0.15, 0.2) is 0 Å². The van der Waals surface area contributed by atoms with Crippen LogP contribution in [0.15, 0.2) is 82.8 Å². The maximum Gasteiger partial charge on any atom is 0.288 e. The average molecular weight is 939 g/mol.